The first-order chi connectivity index (χ1) is 13.5. The number of nitrogens with zero attached hydrogens (tertiary/aromatic N) is 4. The SMILES string of the molecule is COc1ccc(N=Nc2c(C)c(C#N)c(O)n(CC3CCCO3)c2=O)cc1Cl. The van der Waals surface area contributed by atoms with Gasteiger partial charge >= 0.3 is 0 Å². The lowest BCUT2D eigenvalue weighted by Crippen LogP contribution is -2.27. The summed E-state index contributed by atoms with van der Waals surface area (Å²) in [4.78, 5) is 12.9. The van der Waals surface area contributed by atoms with E-state index in [4.69, 9.17) is 21.1 Å². The quantitative estimate of drug-likeness (QED) is 0.760. The molecule has 1 atom stereocenters. The molecule has 9 heteroatoms. The topological polar surface area (TPSA) is 109 Å². The van der Waals surface area contributed by atoms with Gasteiger partial charge in [0.2, 0.25) is 5.88 Å². The van der Waals surface area contributed by atoms with E-state index in [0.717, 1.165) is 17.4 Å². The molecule has 1 aromatic carbocycles. The molecule has 1 aliphatic heterocycles. The molecule has 1 aromatic heterocycles. The van der Waals surface area contributed by atoms with Crippen LogP contribution in [-0.4, -0.2) is 29.5 Å². The Morgan fingerprint density at radius 3 is 2.86 bits per heavy atom. The Morgan fingerprint density at radius 2 is 2.25 bits per heavy atom. The van der Waals surface area contributed by atoms with Gasteiger partial charge in [0, 0.05) is 12.2 Å². The van der Waals surface area contributed by atoms with Crippen molar-refractivity contribution in [1.82, 2.24) is 4.57 Å². The minimum Gasteiger partial charge on any atom is -0.495 e. The zero-order valence-corrected chi connectivity index (χ0v) is 16.2. The zero-order valence-electron chi connectivity index (χ0n) is 15.5. The maximum absolute atomic E-state index is 12.9. The molecular weight excluding hydrogens is 384 g/mol. The highest BCUT2D eigenvalue weighted by molar-refractivity contribution is 6.32. The molecule has 0 spiro atoms. The number of hydrogen-bond acceptors (Lipinski definition) is 7. The molecule has 3 rings (SSSR count). The molecule has 2 heterocycles. The van der Waals surface area contributed by atoms with E-state index in [9.17, 15) is 15.2 Å². The average Bonchev–Trinajstić information content (AvgIpc) is 3.19. The van der Waals surface area contributed by atoms with Gasteiger partial charge in [-0.15, -0.1) is 5.11 Å². The summed E-state index contributed by atoms with van der Waals surface area (Å²) in [6.45, 7) is 2.31. The van der Waals surface area contributed by atoms with Crippen LogP contribution in [0.3, 0.4) is 0 Å². The number of halogens is 1. The Bertz CT molecular complexity index is 1020. The molecule has 0 radical (unpaired) electrons. The molecule has 2 aromatic rings. The summed E-state index contributed by atoms with van der Waals surface area (Å²) in [5, 5.41) is 28.3. The van der Waals surface area contributed by atoms with Gasteiger partial charge in [0.25, 0.3) is 5.56 Å². The highest BCUT2D eigenvalue weighted by atomic mass is 35.5. The number of hydrogen-bond donors (Lipinski definition) is 1. The van der Waals surface area contributed by atoms with Crippen molar-refractivity contribution in [3.63, 3.8) is 0 Å². The molecule has 1 fully saturated rings. The number of pyridine rings is 1. The third-order valence-electron chi connectivity index (χ3n) is 4.58. The number of aromatic hydroxyl groups is 1. The van der Waals surface area contributed by atoms with E-state index < -0.39 is 5.56 Å². The molecule has 146 valence electrons. The summed E-state index contributed by atoms with van der Waals surface area (Å²) in [6.07, 6.45) is 1.48. The van der Waals surface area contributed by atoms with E-state index in [-0.39, 0.29) is 35.3 Å². The second-order valence-corrected chi connectivity index (χ2v) is 6.76. The van der Waals surface area contributed by atoms with Crippen LogP contribution in [0.2, 0.25) is 5.02 Å². The van der Waals surface area contributed by atoms with Crippen molar-refractivity contribution >= 4 is 23.0 Å². The van der Waals surface area contributed by atoms with Gasteiger partial charge < -0.3 is 14.6 Å². The van der Waals surface area contributed by atoms with Crippen molar-refractivity contribution in [3.05, 3.63) is 44.7 Å². The van der Waals surface area contributed by atoms with Crippen LogP contribution >= 0.6 is 11.6 Å². The summed E-state index contributed by atoms with van der Waals surface area (Å²) >= 11 is 6.08. The predicted molar refractivity (Wildman–Crippen MR) is 103 cm³/mol. The van der Waals surface area contributed by atoms with Crippen LogP contribution in [0.25, 0.3) is 0 Å². The zero-order chi connectivity index (χ0) is 20.3. The summed E-state index contributed by atoms with van der Waals surface area (Å²) in [5.74, 6) is 0.110. The lowest BCUT2D eigenvalue weighted by molar-refractivity contribution is 0.0939. The normalized spacial score (nSPS) is 16.4. The Morgan fingerprint density at radius 1 is 1.46 bits per heavy atom. The van der Waals surface area contributed by atoms with Gasteiger partial charge in [-0.1, -0.05) is 11.6 Å². The first-order valence-corrected chi connectivity index (χ1v) is 9.07. The molecule has 0 aliphatic carbocycles. The monoisotopic (exact) mass is 402 g/mol. The fourth-order valence-electron chi connectivity index (χ4n) is 3.04. The standard InChI is InChI=1S/C19H19ClN4O4/c1-11-14(9-21)18(25)24(10-13-4-3-7-28-13)19(26)17(11)23-22-12-5-6-16(27-2)15(20)8-12/h5-6,8,13,25H,3-4,7,10H2,1-2H3. The van der Waals surface area contributed by atoms with E-state index >= 15 is 0 Å². The van der Waals surface area contributed by atoms with Crippen molar-refractivity contribution in [3.8, 4) is 17.7 Å². The van der Waals surface area contributed by atoms with Crippen LogP contribution < -0.4 is 10.3 Å². The van der Waals surface area contributed by atoms with Gasteiger partial charge in [0.05, 0.1) is 30.5 Å². The Labute approximate surface area is 166 Å². The van der Waals surface area contributed by atoms with Gasteiger partial charge in [0.15, 0.2) is 5.69 Å². The van der Waals surface area contributed by atoms with Crippen LogP contribution in [0, 0.1) is 18.3 Å². The van der Waals surface area contributed by atoms with Crippen molar-refractivity contribution in [2.45, 2.75) is 32.4 Å². The van der Waals surface area contributed by atoms with Crippen molar-refractivity contribution < 1.29 is 14.6 Å². The Hall–Kier alpha value is -2.89. The van der Waals surface area contributed by atoms with E-state index in [1.165, 1.54) is 7.11 Å². The third-order valence-corrected chi connectivity index (χ3v) is 4.88. The minimum absolute atomic E-state index is 0.0145. The first kappa shape index (κ1) is 19.9. The molecule has 1 aliphatic rings. The number of aromatic nitrogens is 1. The molecule has 8 nitrogen and oxygen atoms in total. The van der Waals surface area contributed by atoms with Gasteiger partial charge in [-0.25, -0.2) is 0 Å². The van der Waals surface area contributed by atoms with Crippen molar-refractivity contribution in [1.29, 1.82) is 5.26 Å². The summed E-state index contributed by atoms with van der Waals surface area (Å²) in [7, 11) is 1.50. The second kappa shape index (κ2) is 8.42. The number of ether oxygens (including phenoxy) is 2. The minimum atomic E-state index is -0.534. The fraction of sp³-hybridized carbons (Fsp3) is 0.368. The van der Waals surface area contributed by atoms with E-state index in [1.807, 2.05) is 6.07 Å². The summed E-state index contributed by atoms with van der Waals surface area (Å²) < 4.78 is 11.8. The van der Waals surface area contributed by atoms with Gasteiger partial charge in [-0.2, -0.15) is 10.4 Å². The van der Waals surface area contributed by atoms with Crippen LogP contribution in [0.4, 0.5) is 11.4 Å². The predicted octanol–water partition coefficient (Wildman–Crippen LogP) is 3.99. The average molecular weight is 403 g/mol. The molecule has 0 saturated carbocycles. The van der Waals surface area contributed by atoms with Gasteiger partial charge in [-0.05, 0) is 38.0 Å². The summed E-state index contributed by atoms with van der Waals surface area (Å²) in [5.41, 5.74) is 0.116. The smallest absolute Gasteiger partial charge is 0.281 e. The highest BCUT2D eigenvalue weighted by Crippen LogP contribution is 2.31. The molecular formula is C19H19ClN4O4. The molecule has 0 amide bonds. The van der Waals surface area contributed by atoms with Crippen LogP contribution in [0.15, 0.2) is 33.2 Å². The Kier molecular flexibility index (Phi) is 5.97. The first-order valence-electron chi connectivity index (χ1n) is 8.69. The second-order valence-electron chi connectivity index (χ2n) is 6.35. The summed E-state index contributed by atoms with van der Waals surface area (Å²) in [6, 6.07) is 6.75. The lowest BCUT2D eigenvalue weighted by atomic mass is 10.1. The van der Waals surface area contributed by atoms with E-state index in [1.54, 1.807) is 25.1 Å². The number of rotatable bonds is 5. The highest BCUT2D eigenvalue weighted by Gasteiger charge is 2.23. The number of benzene rings is 1. The fourth-order valence-corrected chi connectivity index (χ4v) is 3.30. The van der Waals surface area contributed by atoms with E-state index in [2.05, 4.69) is 10.2 Å². The van der Waals surface area contributed by atoms with E-state index in [0.29, 0.717) is 23.1 Å². The number of methoxy groups -OCH3 is 1. The van der Waals surface area contributed by atoms with Gasteiger partial charge in [0.1, 0.15) is 17.4 Å². The Balaban J connectivity index is 2.03. The number of azo groups is 1. The van der Waals surface area contributed by atoms with Crippen LogP contribution in [0.5, 0.6) is 11.6 Å². The van der Waals surface area contributed by atoms with Crippen LogP contribution in [-0.2, 0) is 11.3 Å². The molecule has 28 heavy (non-hydrogen) atoms. The number of nitriles is 1. The van der Waals surface area contributed by atoms with Crippen molar-refractivity contribution in [2.75, 3.05) is 13.7 Å². The lowest BCUT2D eigenvalue weighted by Gasteiger charge is -2.16. The molecule has 1 unspecified atom stereocenters. The largest absolute Gasteiger partial charge is 0.495 e. The molecule has 1 N–H and O–H groups in total. The molecule has 0 bridgehead atoms. The van der Waals surface area contributed by atoms with Crippen molar-refractivity contribution in [2.24, 2.45) is 10.2 Å². The maximum Gasteiger partial charge on any atom is 0.281 e. The third kappa shape index (κ3) is 3.86. The maximum atomic E-state index is 12.9. The van der Waals surface area contributed by atoms with Crippen LogP contribution in [0.1, 0.15) is 24.0 Å². The molecule has 1 saturated heterocycles. The van der Waals surface area contributed by atoms with Gasteiger partial charge in [-0.3, -0.25) is 9.36 Å².